The topological polar surface area (TPSA) is 128 Å². The number of nitrogens with two attached hydrogens (primary N) is 1. The van der Waals surface area contributed by atoms with E-state index < -0.39 is 39.0 Å². The molecule has 0 aromatic heterocycles. The van der Waals surface area contributed by atoms with E-state index >= 15 is 0 Å². The molecule has 4 rings (SSSR count). The lowest BCUT2D eigenvalue weighted by atomic mass is 10.0. The fourth-order valence-electron chi connectivity index (χ4n) is 4.54. The van der Waals surface area contributed by atoms with Gasteiger partial charge in [0, 0.05) is 17.4 Å². The predicted octanol–water partition coefficient (Wildman–Crippen LogP) is 4.29. The Hall–Kier alpha value is -2.06. The van der Waals surface area contributed by atoms with Crippen molar-refractivity contribution in [1.29, 1.82) is 0 Å². The number of nitrogens with one attached hydrogen (secondary N) is 1. The van der Waals surface area contributed by atoms with Gasteiger partial charge in [-0.3, -0.25) is 15.1 Å². The van der Waals surface area contributed by atoms with Crippen LogP contribution in [-0.4, -0.2) is 80.4 Å². The van der Waals surface area contributed by atoms with Gasteiger partial charge in [-0.15, -0.1) is 0 Å². The van der Waals surface area contributed by atoms with Crippen LogP contribution < -0.4 is 11.1 Å². The van der Waals surface area contributed by atoms with E-state index in [-0.39, 0.29) is 34.7 Å². The van der Waals surface area contributed by atoms with Crippen LogP contribution in [0.25, 0.3) is 0 Å². The Bertz CT molecular complexity index is 1160. The molecular formula is C27H41N5O5S2Si. The third kappa shape index (κ3) is 6.70. The summed E-state index contributed by atoms with van der Waals surface area (Å²) in [7, 11) is 1.40. The Balaban J connectivity index is 1.55. The number of nitrogens with zero attached hydrogens (tertiary/aromatic N) is 3. The highest BCUT2D eigenvalue weighted by Gasteiger charge is 2.49. The fraction of sp³-hybridized carbons (Fsp3) is 0.630. The van der Waals surface area contributed by atoms with Crippen molar-refractivity contribution >= 4 is 54.1 Å². The number of carbonyl (C=O) groups is 2. The fourth-order valence-corrected chi connectivity index (χ4v) is 7.54. The van der Waals surface area contributed by atoms with E-state index in [1.54, 1.807) is 32.8 Å². The molecule has 1 amide bonds. The smallest absolute Gasteiger partial charge is 0.338 e. The molecule has 3 aliphatic heterocycles. The predicted molar refractivity (Wildman–Crippen MR) is 164 cm³/mol. The number of rotatable bonds is 10. The highest BCUT2D eigenvalue weighted by Crippen LogP contribution is 2.40. The first-order chi connectivity index (χ1) is 18.8. The van der Waals surface area contributed by atoms with Gasteiger partial charge in [0.1, 0.15) is 18.4 Å². The molecule has 3 heterocycles. The molecule has 0 aliphatic carbocycles. The van der Waals surface area contributed by atoms with E-state index in [2.05, 4.69) is 63.0 Å². The van der Waals surface area contributed by atoms with Crippen molar-refractivity contribution in [2.75, 3.05) is 12.4 Å². The van der Waals surface area contributed by atoms with Gasteiger partial charge in [0.05, 0.1) is 18.5 Å². The lowest BCUT2D eigenvalue weighted by Gasteiger charge is -2.37. The van der Waals surface area contributed by atoms with Crippen LogP contribution in [-0.2, 0) is 18.7 Å². The van der Waals surface area contributed by atoms with Crippen LogP contribution in [0.1, 0.15) is 62.2 Å². The molecule has 220 valence electrons. The number of hydrogen-bond acceptors (Lipinski definition) is 11. The van der Waals surface area contributed by atoms with Crippen molar-refractivity contribution in [3.05, 3.63) is 35.4 Å². The molecule has 13 heteroatoms. The van der Waals surface area contributed by atoms with Gasteiger partial charge in [0.25, 0.3) is 5.91 Å². The maximum Gasteiger partial charge on any atom is 0.338 e. The summed E-state index contributed by atoms with van der Waals surface area (Å²) in [4.78, 5) is 36.5. The number of fused-ring (bicyclic) bond motifs is 1. The van der Waals surface area contributed by atoms with Crippen LogP contribution in [0.2, 0.25) is 18.1 Å². The lowest BCUT2D eigenvalue weighted by molar-refractivity contribution is -0.123. The minimum atomic E-state index is -2.10. The summed E-state index contributed by atoms with van der Waals surface area (Å²) in [6.07, 6.45) is -0.222. The van der Waals surface area contributed by atoms with Crippen LogP contribution in [0.5, 0.6) is 0 Å². The zero-order chi connectivity index (χ0) is 29.2. The Morgan fingerprint density at radius 3 is 2.75 bits per heavy atom. The summed E-state index contributed by atoms with van der Waals surface area (Å²) in [6, 6.07) is 6.89. The SMILES string of the molecule is CCSSC(C)c1ccccc1C(=O)O[C@@H]1C[C@H](N2C=NC3C(=O)NC(N)=NC32)O[C@@H]1CO[Si](C)(C)C(C)(C)C. The highest BCUT2D eigenvalue weighted by atomic mass is 33.1. The number of amides is 1. The summed E-state index contributed by atoms with van der Waals surface area (Å²) in [5, 5.41) is 2.65. The van der Waals surface area contributed by atoms with Crippen LogP contribution in [0.3, 0.4) is 0 Å². The van der Waals surface area contributed by atoms with Gasteiger partial charge >= 0.3 is 5.97 Å². The molecule has 0 bridgehead atoms. The molecule has 1 fully saturated rings. The van der Waals surface area contributed by atoms with Crippen molar-refractivity contribution < 1.29 is 23.5 Å². The van der Waals surface area contributed by atoms with E-state index in [1.165, 1.54) is 0 Å². The zero-order valence-electron chi connectivity index (χ0n) is 24.2. The molecule has 3 aliphatic rings. The molecule has 0 radical (unpaired) electrons. The summed E-state index contributed by atoms with van der Waals surface area (Å²) in [5.41, 5.74) is 7.33. The van der Waals surface area contributed by atoms with Gasteiger partial charge in [0.15, 0.2) is 26.5 Å². The summed E-state index contributed by atoms with van der Waals surface area (Å²) in [6.45, 7) is 15.4. The first kappa shape index (κ1) is 30.9. The molecule has 6 atom stereocenters. The Morgan fingerprint density at radius 1 is 1.32 bits per heavy atom. The average molecular weight is 608 g/mol. The number of benzene rings is 1. The Kier molecular flexibility index (Phi) is 9.60. The molecule has 40 heavy (non-hydrogen) atoms. The van der Waals surface area contributed by atoms with E-state index in [1.807, 2.05) is 24.3 Å². The third-order valence-corrected chi connectivity index (χ3v) is 15.3. The van der Waals surface area contributed by atoms with Crippen molar-refractivity contribution in [2.24, 2.45) is 15.7 Å². The van der Waals surface area contributed by atoms with E-state index in [9.17, 15) is 9.59 Å². The number of ether oxygens (including phenoxy) is 2. The van der Waals surface area contributed by atoms with Crippen molar-refractivity contribution in [1.82, 2.24) is 10.2 Å². The molecule has 1 aromatic rings. The number of guanidine groups is 1. The minimum absolute atomic E-state index is 0.0109. The maximum atomic E-state index is 13.6. The molecule has 0 saturated carbocycles. The number of carbonyl (C=O) groups excluding carboxylic acids is 2. The maximum absolute atomic E-state index is 13.6. The molecule has 1 saturated heterocycles. The normalized spacial score (nSPS) is 27.3. The molecule has 0 spiro atoms. The summed E-state index contributed by atoms with van der Waals surface area (Å²) in [5.74, 6) is 0.339. The largest absolute Gasteiger partial charge is 0.456 e. The lowest BCUT2D eigenvalue weighted by Crippen LogP contribution is -2.55. The van der Waals surface area contributed by atoms with Gasteiger partial charge in [-0.1, -0.05) is 67.5 Å². The monoisotopic (exact) mass is 607 g/mol. The van der Waals surface area contributed by atoms with Gasteiger partial charge in [-0.2, -0.15) is 0 Å². The first-order valence-electron chi connectivity index (χ1n) is 13.6. The van der Waals surface area contributed by atoms with Crippen molar-refractivity contribution in [2.45, 2.75) is 95.1 Å². The summed E-state index contributed by atoms with van der Waals surface area (Å²) >= 11 is 0. The average Bonchev–Trinajstić information content (AvgIpc) is 3.49. The quantitative estimate of drug-likeness (QED) is 0.227. The van der Waals surface area contributed by atoms with Gasteiger partial charge < -0.3 is 24.5 Å². The van der Waals surface area contributed by atoms with E-state index in [4.69, 9.17) is 19.6 Å². The number of esters is 1. The number of hydrogen-bond donors (Lipinski definition) is 2. The molecule has 3 unspecified atom stereocenters. The molecule has 1 aromatic carbocycles. The van der Waals surface area contributed by atoms with Crippen LogP contribution in [0.4, 0.5) is 0 Å². The molecule has 3 N–H and O–H groups in total. The van der Waals surface area contributed by atoms with Crippen LogP contribution >= 0.6 is 21.6 Å². The second kappa shape index (κ2) is 12.4. The Morgan fingerprint density at radius 2 is 2.05 bits per heavy atom. The summed E-state index contributed by atoms with van der Waals surface area (Å²) < 4.78 is 19.1. The van der Waals surface area contributed by atoms with Gasteiger partial charge in [-0.25, -0.2) is 9.79 Å². The van der Waals surface area contributed by atoms with Crippen LogP contribution in [0.15, 0.2) is 34.3 Å². The van der Waals surface area contributed by atoms with E-state index in [0.29, 0.717) is 12.0 Å². The minimum Gasteiger partial charge on any atom is -0.456 e. The molecule has 10 nitrogen and oxygen atoms in total. The Labute approximate surface area is 245 Å². The zero-order valence-corrected chi connectivity index (χ0v) is 26.9. The standard InChI is InChI=1S/C27H41N5O5S2Si/c1-8-38-39-16(2)17-11-9-10-12-18(17)25(34)37-19-13-21(36-20(19)14-35-40(6,7)27(3,4)5)32-15-29-22-23(32)30-26(28)31-24(22)33/h9-12,15-16,19-23H,8,13-14H2,1-7H3,(H3,28,30,31,33)/t16?,19-,20-,21-,22?,23?/m1/s1. The van der Waals surface area contributed by atoms with Gasteiger partial charge in [-0.05, 0) is 36.7 Å². The molecular weight excluding hydrogens is 567 g/mol. The van der Waals surface area contributed by atoms with Crippen molar-refractivity contribution in [3.8, 4) is 0 Å². The highest BCUT2D eigenvalue weighted by molar-refractivity contribution is 8.76. The van der Waals surface area contributed by atoms with Crippen LogP contribution in [0, 0.1) is 0 Å². The number of aliphatic imine (C=N–C) groups is 2. The van der Waals surface area contributed by atoms with E-state index in [0.717, 1.165) is 11.3 Å². The second-order valence-electron chi connectivity index (χ2n) is 11.7. The van der Waals surface area contributed by atoms with Gasteiger partial charge in [0.2, 0.25) is 0 Å². The second-order valence-corrected chi connectivity index (χ2v) is 19.5. The first-order valence-corrected chi connectivity index (χ1v) is 18.9. The van der Waals surface area contributed by atoms with Crippen molar-refractivity contribution in [3.63, 3.8) is 0 Å². The third-order valence-electron chi connectivity index (χ3n) is 7.87.